The highest BCUT2D eigenvalue weighted by Gasteiger charge is 2.04. The zero-order valence-corrected chi connectivity index (χ0v) is 11.2. The first-order valence-electron chi connectivity index (χ1n) is 6.29. The van der Waals surface area contributed by atoms with Crippen LogP contribution in [0.1, 0.15) is 5.56 Å². The number of benzene rings is 2. The molecule has 0 unspecified atom stereocenters. The van der Waals surface area contributed by atoms with E-state index in [1.807, 2.05) is 37.3 Å². The van der Waals surface area contributed by atoms with Gasteiger partial charge in [-0.25, -0.2) is 0 Å². The van der Waals surface area contributed by atoms with Crippen LogP contribution < -0.4 is 4.74 Å². The summed E-state index contributed by atoms with van der Waals surface area (Å²) in [5, 5.41) is 9.30. The second-order valence-corrected chi connectivity index (χ2v) is 4.34. The highest BCUT2D eigenvalue weighted by Crippen LogP contribution is 2.28. The lowest BCUT2D eigenvalue weighted by Gasteiger charge is -2.11. The summed E-state index contributed by atoms with van der Waals surface area (Å²) in [6.45, 7) is 2.91. The average molecular weight is 272 g/mol. The number of carbonyl (C=O) groups is 1. The smallest absolute Gasteiger partial charge is 0.293 e. The van der Waals surface area contributed by atoms with Crippen LogP contribution in [0.25, 0.3) is 11.1 Å². The van der Waals surface area contributed by atoms with Crippen LogP contribution in [0.3, 0.4) is 0 Å². The lowest BCUT2D eigenvalue weighted by atomic mass is 10.0. The van der Waals surface area contributed by atoms with Crippen LogP contribution in [0.15, 0.2) is 42.5 Å². The SMILES string of the molecule is Cc1ccc(-c2ccc(O)cc2)cc1OCCOC=O. The van der Waals surface area contributed by atoms with Crippen LogP contribution >= 0.6 is 0 Å². The molecule has 0 saturated heterocycles. The molecule has 0 saturated carbocycles. The standard InChI is InChI=1S/C16H16O4/c1-12-2-3-14(13-4-6-15(18)7-5-13)10-16(12)20-9-8-19-11-17/h2-7,10-11,18H,8-9H2,1H3. The Labute approximate surface area is 117 Å². The first kappa shape index (κ1) is 13.9. The lowest BCUT2D eigenvalue weighted by molar-refractivity contribution is -0.129. The largest absolute Gasteiger partial charge is 0.508 e. The summed E-state index contributed by atoms with van der Waals surface area (Å²) in [6.07, 6.45) is 0. The van der Waals surface area contributed by atoms with Gasteiger partial charge < -0.3 is 14.6 Å². The van der Waals surface area contributed by atoms with Gasteiger partial charge in [-0.2, -0.15) is 0 Å². The van der Waals surface area contributed by atoms with E-state index in [2.05, 4.69) is 4.74 Å². The number of phenolic OH excluding ortho intramolecular Hbond substituents is 1. The molecule has 4 nitrogen and oxygen atoms in total. The molecule has 104 valence electrons. The number of hydrogen-bond acceptors (Lipinski definition) is 4. The normalized spacial score (nSPS) is 10.1. The molecule has 0 amide bonds. The third-order valence-corrected chi connectivity index (χ3v) is 2.92. The van der Waals surface area contributed by atoms with Gasteiger partial charge in [-0.1, -0.05) is 24.3 Å². The molecule has 0 aromatic heterocycles. The number of rotatable bonds is 6. The van der Waals surface area contributed by atoms with Crippen molar-refractivity contribution in [3.05, 3.63) is 48.0 Å². The number of aryl methyl sites for hydroxylation is 1. The van der Waals surface area contributed by atoms with Gasteiger partial charge in [0.15, 0.2) is 0 Å². The predicted octanol–water partition coefficient (Wildman–Crippen LogP) is 2.92. The van der Waals surface area contributed by atoms with Gasteiger partial charge >= 0.3 is 0 Å². The van der Waals surface area contributed by atoms with Crippen LogP contribution in [-0.4, -0.2) is 24.8 Å². The second-order valence-electron chi connectivity index (χ2n) is 4.34. The van der Waals surface area contributed by atoms with E-state index in [4.69, 9.17) is 4.74 Å². The summed E-state index contributed by atoms with van der Waals surface area (Å²) in [5.74, 6) is 0.994. The molecule has 2 rings (SSSR count). The van der Waals surface area contributed by atoms with Gasteiger partial charge in [-0.15, -0.1) is 0 Å². The summed E-state index contributed by atoms with van der Waals surface area (Å²) in [4.78, 5) is 10.1. The van der Waals surface area contributed by atoms with E-state index in [1.165, 1.54) is 0 Å². The maximum atomic E-state index is 10.1. The van der Waals surface area contributed by atoms with Crippen molar-refractivity contribution < 1.29 is 19.4 Å². The molecule has 0 spiro atoms. The Morgan fingerprint density at radius 1 is 1.05 bits per heavy atom. The third-order valence-electron chi connectivity index (χ3n) is 2.92. The van der Waals surface area contributed by atoms with Gasteiger partial charge in [0.1, 0.15) is 24.7 Å². The molecule has 2 aromatic carbocycles. The summed E-state index contributed by atoms with van der Waals surface area (Å²) < 4.78 is 10.2. The van der Waals surface area contributed by atoms with E-state index in [-0.39, 0.29) is 12.4 Å². The van der Waals surface area contributed by atoms with Gasteiger partial charge in [0.2, 0.25) is 0 Å². The maximum absolute atomic E-state index is 10.1. The van der Waals surface area contributed by atoms with Crippen molar-refractivity contribution in [3.8, 4) is 22.6 Å². The minimum absolute atomic E-state index is 0.229. The van der Waals surface area contributed by atoms with Crippen molar-refractivity contribution in [1.29, 1.82) is 0 Å². The van der Waals surface area contributed by atoms with Crippen molar-refractivity contribution in [1.82, 2.24) is 0 Å². The van der Waals surface area contributed by atoms with Crippen molar-refractivity contribution in [3.63, 3.8) is 0 Å². The first-order valence-corrected chi connectivity index (χ1v) is 6.29. The van der Waals surface area contributed by atoms with Gasteiger partial charge in [-0.3, -0.25) is 4.79 Å². The summed E-state index contributed by atoms with van der Waals surface area (Å²) >= 11 is 0. The molecule has 0 aliphatic rings. The highest BCUT2D eigenvalue weighted by atomic mass is 16.5. The fourth-order valence-corrected chi connectivity index (χ4v) is 1.84. The topological polar surface area (TPSA) is 55.8 Å². The van der Waals surface area contributed by atoms with Gasteiger partial charge in [0, 0.05) is 0 Å². The van der Waals surface area contributed by atoms with E-state index in [0.717, 1.165) is 22.4 Å². The number of phenols is 1. The maximum Gasteiger partial charge on any atom is 0.293 e. The van der Waals surface area contributed by atoms with Crippen LogP contribution in [-0.2, 0) is 9.53 Å². The van der Waals surface area contributed by atoms with Gasteiger partial charge in [-0.05, 0) is 41.8 Å². The van der Waals surface area contributed by atoms with Gasteiger partial charge in [0.05, 0.1) is 0 Å². The van der Waals surface area contributed by atoms with Crippen LogP contribution in [0.5, 0.6) is 11.5 Å². The predicted molar refractivity (Wildman–Crippen MR) is 75.8 cm³/mol. The summed E-state index contributed by atoms with van der Waals surface area (Å²) in [6, 6.07) is 12.9. The molecule has 0 aliphatic carbocycles. The number of carbonyl (C=O) groups excluding carboxylic acids is 1. The van der Waals surface area contributed by atoms with E-state index in [1.54, 1.807) is 12.1 Å². The Balaban J connectivity index is 2.15. The minimum atomic E-state index is 0.229. The van der Waals surface area contributed by atoms with E-state index in [9.17, 15) is 9.90 Å². The Kier molecular flexibility index (Phi) is 4.60. The molecule has 0 fully saturated rings. The number of hydrogen-bond donors (Lipinski definition) is 1. The van der Waals surface area contributed by atoms with Crippen molar-refractivity contribution >= 4 is 6.47 Å². The van der Waals surface area contributed by atoms with Crippen LogP contribution in [0, 0.1) is 6.92 Å². The molecule has 0 atom stereocenters. The first-order chi connectivity index (χ1) is 9.70. The molecule has 4 heteroatoms. The van der Waals surface area contributed by atoms with Crippen LogP contribution in [0.2, 0.25) is 0 Å². The lowest BCUT2D eigenvalue weighted by Crippen LogP contribution is -2.06. The van der Waals surface area contributed by atoms with Crippen molar-refractivity contribution in [2.24, 2.45) is 0 Å². The van der Waals surface area contributed by atoms with E-state index in [0.29, 0.717) is 13.1 Å². The molecule has 0 radical (unpaired) electrons. The zero-order chi connectivity index (χ0) is 14.4. The highest BCUT2D eigenvalue weighted by molar-refractivity contribution is 5.66. The quantitative estimate of drug-likeness (QED) is 0.649. The fourth-order valence-electron chi connectivity index (χ4n) is 1.84. The Hall–Kier alpha value is -2.49. The third kappa shape index (κ3) is 3.51. The van der Waals surface area contributed by atoms with E-state index >= 15 is 0 Å². The average Bonchev–Trinajstić information content (AvgIpc) is 2.46. The van der Waals surface area contributed by atoms with Gasteiger partial charge in [0.25, 0.3) is 6.47 Å². The Morgan fingerprint density at radius 3 is 2.45 bits per heavy atom. The second kappa shape index (κ2) is 6.61. The molecule has 0 aliphatic heterocycles. The fraction of sp³-hybridized carbons (Fsp3) is 0.188. The monoisotopic (exact) mass is 272 g/mol. The Morgan fingerprint density at radius 2 is 1.75 bits per heavy atom. The zero-order valence-electron chi connectivity index (χ0n) is 11.2. The molecule has 2 aromatic rings. The van der Waals surface area contributed by atoms with Crippen molar-refractivity contribution in [2.45, 2.75) is 6.92 Å². The molecule has 1 N–H and O–H groups in total. The van der Waals surface area contributed by atoms with E-state index < -0.39 is 0 Å². The molecule has 20 heavy (non-hydrogen) atoms. The molecule has 0 bridgehead atoms. The molecular formula is C16H16O4. The minimum Gasteiger partial charge on any atom is -0.508 e. The Bertz CT molecular complexity index is 576. The van der Waals surface area contributed by atoms with Crippen molar-refractivity contribution in [2.75, 3.05) is 13.2 Å². The summed E-state index contributed by atoms with van der Waals surface area (Å²) in [7, 11) is 0. The number of ether oxygens (including phenoxy) is 2. The number of aromatic hydroxyl groups is 1. The molecular weight excluding hydrogens is 256 g/mol. The molecule has 0 heterocycles. The summed E-state index contributed by atoms with van der Waals surface area (Å²) in [5.41, 5.74) is 3.01. The van der Waals surface area contributed by atoms with Crippen LogP contribution in [0.4, 0.5) is 0 Å².